The number of likely N-dealkylation sites (tertiary alicyclic amines) is 1. The minimum Gasteiger partial charge on any atom is -0.396 e. The van der Waals surface area contributed by atoms with E-state index in [0.717, 1.165) is 49.2 Å². The van der Waals surface area contributed by atoms with E-state index in [0.29, 0.717) is 19.0 Å². The molecule has 1 atom stereocenters. The van der Waals surface area contributed by atoms with Gasteiger partial charge in [0.05, 0.1) is 13.2 Å². The second kappa shape index (κ2) is 12.1. The number of nitrogens with zero attached hydrogens (tertiary/aromatic N) is 2. The van der Waals surface area contributed by atoms with Crippen molar-refractivity contribution in [3.8, 4) is 0 Å². The van der Waals surface area contributed by atoms with E-state index in [4.69, 9.17) is 0 Å². The number of nitrogens with one attached hydrogen (secondary N) is 2. The van der Waals surface area contributed by atoms with Gasteiger partial charge in [-0.2, -0.15) is 0 Å². The molecular formula is C25H34N4O2. The normalized spacial score (nSPS) is 15.4. The van der Waals surface area contributed by atoms with Crippen LogP contribution in [-0.4, -0.2) is 54.7 Å². The second-order valence-corrected chi connectivity index (χ2v) is 7.92. The molecule has 0 bridgehead atoms. The van der Waals surface area contributed by atoms with Crippen LogP contribution in [0.25, 0.3) is 0 Å². The Balaban J connectivity index is 1.62. The summed E-state index contributed by atoms with van der Waals surface area (Å²) in [5, 5.41) is 16.4. The molecule has 0 aromatic heterocycles. The summed E-state index contributed by atoms with van der Waals surface area (Å²) in [5.41, 5.74) is 2.83. The molecule has 31 heavy (non-hydrogen) atoms. The van der Waals surface area contributed by atoms with Gasteiger partial charge in [0.1, 0.15) is 0 Å². The van der Waals surface area contributed by atoms with E-state index in [9.17, 15) is 9.90 Å². The Bertz CT molecular complexity index is 848. The maximum absolute atomic E-state index is 12.8. The maximum atomic E-state index is 12.8. The number of amides is 1. The summed E-state index contributed by atoms with van der Waals surface area (Å²) >= 11 is 0. The molecule has 2 aromatic carbocycles. The molecule has 0 spiro atoms. The monoisotopic (exact) mass is 422 g/mol. The Kier molecular flexibility index (Phi) is 8.91. The molecule has 0 saturated carbocycles. The minimum absolute atomic E-state index is 0.00412. The van der Waals surface area contributed by atoms with Gasteiger partial charge >= 0.3 is 0 Å². The van der Waals surface area contributed by atoms with Crippen LogP contribution >= 0.6 is 0 Å². The lowest BCUT2D eigenvalue weighted by molar-refractivity contribution is 0.0724. The van der Waals surface area contributed by atoms with Crippen LogP contribution in [0.5, 0.6) is 0 Å². The van der Waals surface area contributed by atoms with Crippen molar-refractivity contribution < 1.29 is 9.90 Å². The first-order valence-electron chi connectivity index (χ1n) is 11.3. The van der Waals surface area contributed by atoms with E-state index in [1.807, 2.05) is 66.4 Å². The summed E-state index contributed by atoms with van der Waals surface area (Å²) < 4.78 is 0. The van der Waals surface area contributed by atoms with Crippen molar-refractivity contribution in [3.63, 3.8) is 0 Å². The molecule has 166 valence electrons. The van der Waals surface area contributed by atoms with Gasteiger partial charge in [-0.25, -0.2) is 4.99 Å². The lowest BCUT2D eigenvalue weighted by atomic mass is 10.0. The van der Waals surface area contributed by atoms with Crippen LogP contribution in [0.3, 0.4) is 0 Å². The third-order valence-electron chi connectivity index (χ3n) is 5.59. The van der Waals surface area contributed by atoms with E-state index < -0.39 is 0 Å². The van der Waals surface area contributed by atoms with Crippen LogP contribution in [0.1, 0.15) is 53.6 Å². The van der Waals surface area contributed by atoms with E-state index in [1.165, 1.54) is 6.42 Å². The largest absolute Gasteiger partial charge is 0.396 e. The fourth-order valence-corrected chi connectivity index (χ4v) is 3.83. The SMILES string of the molecule is CCNC(=NCc1cccc(C(=O)N2CCCCC2)c1)NCC(CO)c1ccccc1. The molecule has 1 unspecified atom stereocenters. The molecule has 6 nitrogen and oxygen atoms in total. The highest BCUT2D eigenvalue weighted by Gasteiger charge is 2.18. The van der Waals surface area contributed by atoms with Crippen molar-refractivity contribution in [2.24, 2.45) is 4.99 Å². The highest BCUT2D eigenvalue weighted by Crippen LogP contribution is 2.15. The van der Waals surface area contributed by atoms with Crippen molar-refractivity contribution in [2.45, 2.75) is 38.6 Å². The Labute approximate surface area is 185 Å². The lowest BCUT2D eigenvalue weighted by Gasteiger charge is -2.26. The number of carbonyl (C=O) groups excluding carboxylic acids is 1. The number of hydrogen-bond acceptors (Lipinski definition) is 3. The number of rotatable bonds is 8. The van der Waals surface area contributed by atoms with Gasteiger partial charge in [0.25, 0.3) is 5.91 Å². The quantitative estimate of drug-likeness (QED) is 0.451. The van der Waals surface area contributed by atoms with Crippen LogP contribution < -0.4 is 10.6 Å². The molecule has 1 aliphatic heterocycles. The third-order valence-corrected chi connectivity index (χ3v) is 5.59. The molecule has 2 aromatic rings. The van der Waals surface area contributed by atoms with Gasteiger partial charge in [-0.05, 0) is 49.4 Å². The number of aliphatic hydroxyl groups is 1. The molecule has 1 saturated heterocycles. The van der Waals surface area contributed by atoms with Gasteiger partial charge in [-0.15, -0.1) is 0 Å². The summed E-state index contributed by atoms with van der Waals surface area (Å²) in [5.74, 6) is 0.810. The molecule has 0 aliphatic carbocycles. The molecule has 3 N–H and O–H groups in total. The Morgan fingerprint density at radius 3 is 2.55 bits per heavy atom. The lowest BCUT2D eigenvalue weighted by Crippen LogP contribution is -2.40. The molecule has 0 radical (unpaired) electrons. The van der Waals surface area contributed by atoms with Crippen LogP contribution in [0.4, 0.5) is 0 Å². The van der Waals surface area contributed by atoms with Crippen LogP contribution in [0, 0.1) is 0 Å². The molecule has 3 rings (SSSR count). The van der Waals surface area contributed by atoms with Gasteiger partial charge in [-0.3, -0.25) is 4.79 Å². The topological polar surface area (TPSA) is 77.0 Å². The molecule has 1 fully saturated rings. The summed E-state index contributed by atoms with van der Waals surface area (Å²) in [6.07, 6.45) is 3.39. The van der Waals surface area contributed by atoms with Gasteiger partial charge in [0.2, 0.25) is 0 Å². The average Bonchev–Trinajstić information content (AvgIpc) is 2.83. The number of carbonyl (C=O) groups is 1. The van der Waals surface area contributed by atoms with Crippen molar-refractivity contribution in [1.29, 1.82) is 0 Å². The molecule has 1 aliphatic rings. The van der Waals surface area contributed by atoms with E-state index in [2.05, 4.69) is 15.6 Å². The molecule has 6 heteroatoms. The molecule has 1 amide bonds. The van der Waals surface area contributed by atoms with Crippen LogP contribution in [0.2, 0.25) is 0 Å². The zero-order valence-corrected chi connectivity index (χ0v) is 18.4. The van der Waals surface area contributed by atoms with Crippen LogP contribution in [0.15, 0.2) is 59.6 Å². The number of benzene rings is 2. The summed E-state index contributed by atoms with van der Waals surface area (Å²) in [7, 11) is 0. The second-order valence-electron chi connectivity index (χ2n) is 7.92. The van der Waals surface area contributed by atoms with Crippen LogP contribution in [-0.2, 0) is 6.54 Å². The standard InChI is InChI=1S/C25H34N4O2/c1-2-26-25(28-18-23(19-30)21-11-5-3-6-12-21)27-17-20-10-9-13-22(16-20)24(31)29-14-7-4-8-15-29/h3,5-6,9-13,16,23,30H,2,4,7-8,14-15,17-19H2,1H3,(H2,26,27,28). The van der Waals surface area contributed by atoms with E-state index >= 15 is 0 Å². The summed E-state index contributed by atoms with van der Waals surface area (Å²) in [6, 6.07) is 17.8. The Morgan fingerprint density at radius 1 is 1.06 bits per heavy atom. The van der Waals surface area contributed by atoms with Crippen molar-refractivity contribution in [3.05, 3.63) is 71.3 Å². The minimum atomic E-state index is -0.00412. The maximum Gasteiger partial charge on any atom is 0.253 e. The third kappa shape index (κ3) is 6.82. The van der Waals surface area contributed by atoms with E-state index in [1.54, 1.807) is 0 Å². The van der Waals surface area contributed by atoms with Gasteiger partial charge in [-0.1, -0.05) is 42.5 Å². The summed E-state index contributed by atoms with van der Waals surface area (Å²) in [6.45, 7) is 5.60. The zero-order valence-electron chi connectivity index (χ0n) is 18.4. The van der Waals surface area contributed by atoms with Crippen molar-refractivity contribution in [2.75, 3.05) is 32.8 Å². The summed E-state index contributed by atoms with van der Waals surface area (Å²) in [4.78, 5) is 19.4. The number of piperidine rings is 1. The predicted octanol–water partition coefficient (Wildman–Crippen LogP) is 3.14. The average molecular weight is 423 g/mol. The molecule has 1 heterocycles. The van der Waals surface area contributed by atoms with Gasteiger partial charge in [0, 0.05) is 37.7 Å². The smallest absolute Gasteiger partial charge is 0.253 e. The van der Waals surface area contributed by atoms with Crippen molar-refractivity contribution in [1.82, 2.24) is 15.5 Å². The zero-order chi connectivity index (χ0) is 21.9. The first-order valence-corrected chi connectivity index (χ1v) is 11.3. The fourth-order valence-electron chi connectivity index (χ4n) is 3.83. The number of guanidine groups is 1. The van der Waals surface area contributed by atoms with Gasteiger partial charge < -0.3 is 20.6 Å². The predicted molar refractivity (Wildman–Crippen MR) is 125 cm³/mol. The van der Waals surface area contributed by atoms with E-state index in [-0.39, 0.29) is 18.4 Å². The number of aliphatic hydroxyl groups excluding tert-OH is 1. The van der Waals surface area contributed by atoms with Gasteiger partial charge in [0.15, 0.2) is 5.96 Å². The number of aliphatic imine (C=N–C) groups is 1. The number of hydrogen-bond donors (Lipinski definition) is 3. The first-order chi connectivity index (χ1) is 15.2. The first kappa shape index (κ1) is 22.8. The highest BCUT2D eigenvalue weighted by molar-refractivity contribution is 5.94. The van der Waals surface area contributed by atoms with Crippen molar-refractivity contribution >= 4 is 11.9 Å². The Morgan fingerprint density at radius 2 is 1.84 bits per heavy atom. The molecular weight excluding hydrogens is 388 g/mol. The highest BCUT2D eigenvalue weighted by atomic mass is 16.3. The fraction of sp³-hybridized carbons (Fsp3) is 0.440. The Hall–Kier alpha value is -2.86.